The molecule has 4 nitrogen and oxygen atoms in total. The lowest BCUT2D eigenvalue weighted by molar-refractivity contribution is 0.102. The lowest BCUT2D eigenvalue weighted by atomic mass is 10.1. The molecule has 2 rings (SSSR count). The van der Waals surface area contributed by atoms with Crippen molar-refractivity contribution in [2.45, 2.75) is 20.8 Å². The summed E-state index contributed by atoms with van der Waals surface area (Å²) in [6, 6.07) is 12.8. The molecule has 0 fully saturated rings. The number of amides is 1. The normalized spacial score (nSPS) is 11.3. The highest BCUT2D eigenvalue weighted by atomic mass is 16.4. The zero-order chi connectivity index (χ0) is 15.4. The summed E-state index contributed by atoms with van der Waals surface area (Å²) in [5.74, 6) is -0.158. The molecule has 0 spiro atoms. The van der Waals surface area contributed by atoms with Crippen molar-refractivity contribution in [2.24, 2.45) is 5.16 Å². The van der Waals surface area contributed by atoms with Gasteiger partial charge in [-0.3, -0.25) is 4.79 Å². The summed E-state index contributed by atoms with van der Waals surface area (Å²) >= 11 is 0. The number of anilines is 1. The smallest absolute Gasteiger partial charge is 0.255 e. The Labute approximate surface area is 124 Å². The lowest BCUT2D eigenvalue weighted by Gasteiger charge is -2.08. The Morgan fingerprint density at radius 2 is 1.81 bits per heavy atom. The van der Waals surface area contributed by atoms with Crippen LogP contribution in [0.15, 0.2) is 47.6 Å². The van der Waals surface area contributed by atoms with Gasteiger partial charge in [0.25, 0.3) is 5.91 Å². The van der Waals surface area contributed by atoms with Crippen molar-refractivity contribution < 1.29 is 10.0 Å². The first-order chi connectivity index (χ1) is 10.0. The van der Waals surface area contributed by atoms with Crippen LogP contribution >= 0.6 is 0 Å². The monoisotopic (exact) mass is 282 g/mol. The summed E-state index contributed by atoms with van der Waals surface area (Å²) in [7, 11) is 0. The van der Waals surface area contributed by atoms with Crippen LogP contribution < -0.4 is 5.32 Å². The number of aryl methyl sites for hydroxylation is 2. The molecule has 0 saturated carbocycles. The maximum atomic E-state index is 12.2. The molecule has 0 radical (unpaired) electrons. The van der Waals surface area contributed by atoms with E-state index in [1.807, 2.05) is 38.1 Å². The Hall–Kier alpha value is -2.62. The predicted octanol–water partition coefficient (Wildman–Crippen LogP) is 3.75. The standard InChI is InChI=1S/C17H18N2O2/c1-11-7-8-15(9-12(11)2)17(20)18-16-6-4-5-14(10-16)13(3)19-21/h4-10,21H,1-3H3,(H,18,20)/b19-13+. The summed E-state index contributed by atoms with van der Waals surface area (Å²) in [4.78, 5) is 12.2. The quantitative estimate of drug-likeness (QED) is 0.511. The topological polar surface area (TPSA) is 61.7 Å². The number of rotatable bonds is 3. The van der Waals surface area contributed by atoms with E-state index in [2.05, 4.69) is 10.5 Å². The van der Waals surface area contributed by atoms with Gasteiger partial charge in [0.2, 0.25) is 0 Å². The predicted molar refractivity (Wildman–Crippen MR) is 84.3 cm³/mol. The number of oxime groups is 1. The number of nitrogens with zero attached hydrogens (tertiary/aromatic N) is 1. The van der Waals surface area contributed by atoms with Crippen LogP contribution in [0.5, 0.6) is 0 Å². The van der Waals surface area contributed by atoms with Crippen molar-refractivity contribution in [3.63, 3.8) is 0 Å². The van der Waals surface area contributed by atoms with E-state index >= 15 is 0 Å². The first-order valence-corrected chi connectivity index (χ1v) is 6.69. The van der Waals surface area contributed by atoms with Crippen LogP contribution in [0, 0.1) is 13.8 Å². The van der Waals surface area contributed by atoms with Crippen LogP contribution in [0.2, 0.25) is 0 Å². The second-order valence-corrected chi connectivity index (χ2v) is 5.02. The van der Waals surface area contributed by atoms with Crippen LogP contribution in [-0.2, 0) is 0 Å². The van der Waals surface area contributed by atoms with Crippen LogP contribution in [0.3, 0.4) is 0 Å². The van der Waals surface area contributed by atoms with E-state index in [1.165, 1.54) is 0 Å². The third-order valence-electron chi connectivity index (χ3n) is 3.46. The van der Waals surface area contributed by atoms with E-state index in [9.17, 15) is 4.79 Å². The Balaban J connectivity index is 2.21. The average molecular weight is 282 g/mol. The molecular weight excluding hydrogens is 264 g/mol. The van der Waals surface area contributed by atoms with Gasteiger partial charge in [-0.25, -0.2) is 0 Å². The number of carbonyl (C=O) groups excluding carboxylic acids is 1. The van der Waals surface area contributed by atoms with Gasteiger partial charge < -0.3 is 10.5 Å². The SMILES string of the molecule is C/C(=N\O)c1cccc(NC(=O)c2ccc(C)c(C)c2)c1. The number of hydrogen-bond acceptors (Lipinski definition) is 3. The number of benzene rings is 2. The van der Waals surface area contributed by atoms with E-state index < -0.39 is 0 Å². The molecule has 0 unspecified atom stereocenters. The highest BCUT2D eigenvalue weighted by molar-refractivity contribution is 6.05. The fourth-order valence-corrected chi connectivity index (χ4v) is 1.97. The Kier molecular flexibility index (Phi) is 4.38. The van der Waals surface area contributed by atoms with E-state index in [0.717, 1.165) is 16.7 Å². The minimum absolute atomic E-state index is 0.158. The van der Waals surface area contributed by atoms with Crippen LogP contribution in [0.4, 0.5) is 5.69 Å². The number of carbonyl (C=O) groups is 1. The van der Waals surface area contributed by atoms with Crippen molar-refractivity contribution >= 4 is 17.3 Å². The lowest BCUT2D eigenvalue weighted by Crippen LogP contribution is -2.12. The number of nitrogens with one attached hydrogen (secondary N) is 1. The van der Waals surface area contributed by atoms with Crippen LogP contribution in [0.1, 0.15) is 34.0 Å². The molecule has 21 heavy (non-hydrogen) atoms. The Morgan fingerprint density at radius 3 is 2.48 bits per heavy atom. The van der Waals surface area contributed by atoms with Gasteiger partial charge in [-0.1, -0.05) is 23.4 Å². The number of hydrogen-bond donors (Lipinski definition) is 2. The minimum atomic E-state index is -0.158. The van der Waals surface area contributed by atoms with Crippen molar-refractivity contribution in [1.82, 2.24) is 0 Å². The molecule has 0 aliphatic carbocycles. The first kappa shape index (κ1) is 14.8. The zero-order valence-electron chi connectivity index (χ0n) is 12.3. The van der Waals surface area contributed by atoms with Gasteiger partial charge in [0.05, 0.1) is 5.71 Å². The van der Waals surface area contributed by atoms with Gasteiger partial charge in [-0.15, -0.1) is 0 Å². The largest absolute Gasteiger partial charge is 0.411 e. The van der Waals surface area contributed by atoms with Gasteiger partial charge >= 0.3 is 0 Å². The first-order valence-electron chi connectivity index (χ1n) is 6.69. The summed E-state index contributed by atoms with van der Waals surface area (Å²) in [5, 5.41) is 14.8. The summed E-state index contributed by atoms with van der Waals surface area (Å²) in [6.45, 7) is 5.69. The van der Waals surface area contributed by atoms with Crippen molar-refractivity contribution in [1.29, 1.82) is 0 Å². The molecule has 4 heteroatoms. The molecule has 0 saturated heterocycles. The molecule has 0 heterocycles. The highest BCUT2D eigenvalue weighted by Gasteiger charge is 2.08. The zero-order valence-corrected chi connectivity index (χ0v) is 12.3. The average Bonchev–Trinajstić information content (AvgIpc) is 2.49. The molecule has 0 aliphatic heterocycles. The second-order valence-electron chi connectivity index (χ2n) is 5.02. The summed E-state index contributed by atoms with van der Waals surface area (Å²) < 4.78 is 0. The third-order valence-corrected chi connectivity index (χ3v) is 3.46. The van der Waals surface area contributed by atoms with Crippen LogP contribution in [-0.4, -0.2) is 16.8 Å². The maximum absolute atomic E-state index is 12.2. The minimum Gasteiger partial charge on any atom is -0.411 e. The fourth-order valence-electron chi connectivity index (χ4n) is 1.97. The second kappa shape index (κ2) is 6.22. The summed E-state index contributed by atoms with van der Waals surface area (Å²) in [6.07, 6.45) is 0. The van der Waals surface area contributed by atoms with Gasteiger partial charge in [0, 0.05) is 16.8 Å². The van der Waals surface area contributed by atoms with E-state index in [-0.39, 0.29) is 5.91 Å². The fraction of sp³-hybridized carbons (Fsp3) is 0.176. The molecule has 2 N–H and O–H groups in total. The highest BCUT2D eigenvalue weighted by Crippen LogP contribution is 2.15. The molecule has 1 amide bonds. The molecule has 0 aliphatic rings. The van der Waals surface area contributed by atoms with Gasteiger partial charge in [0.15, 0.2) is 0 Å². The van der Waals surface area contributed by atoms with Gasteiger partial charge in [-0.05, 0) is 56.2 Å². The van der Waals surface area contributed by atoms with Gasteiger partial charge in [-0.2, -0.15) is 0 Å². The van der Waals surface area contributed by atoms with E-state index in [4.69, 9.17) is 5.21 Å². The molecule has 0 aromatic heterocycles. The maximum Gasteiger partial charge on any atom is 0.255 e. The Bertz CT molecular complexity index is 706. The van der Waals surface area contributed by atoms with Crippen LogP contribution in [0.25, 0.3) is 0 Å². The molecular formula is C17H18N2O2. The molecule has 2 aromatic rings. The van der Waals surface area contributed by atoms with Crippen molar-refractivity contribution in [2.75, 3.05) is 5.32 Å². The van der Waals surface area contributed by atoms with Crippen molar-refractivity contribution in [3.8, 4) is 0 Å². The molecule has 0 bridgehead atoms. The summed E-state index contributed by atoms with van der Waals surface area (Å²) in [5.41, 5.74) is 4.78. The molecule has 0 atom stereocenters. The van der Waals surface area contributed by atoms with E-state index in [1.54, 1.807) is 25.1 Å². The van der Waals surface area contributed by atoms with Gasteiger partial charge in [0.1, 0.15) is 0 Å². The van der Waals surface area contributed by atoms with Crippen molar-refractivity contribution in [3.05, 3.63) is 64.7 Å². The Morgan fingerprint density at radius 1 is 1.05 bits per heavy atom. The third kappa shape index (κ3) is 3.48. The molecule has 108 valence electrons. The van der Waals surface area contributed by atoms with E-state index in [0.29, 0.717) is 17.0 Å². The molecule has 2 aromatic carbocycles.